The van der Waals surface area contributed by atoms with Crippen LogP contribution in [0.5, 0.6) is 0 Å². The van der Waals surface area contributed by atoms with E-state index in [1.807, 2.05) is 24.5 Å². The smallest absolute Gasteiger partial charge is 0.160 e. The van der Waals surface area contributed by atoms with Crippen molar-refractivity contribution in [2.45, 2.75) is 38.0 Å². The van der Waals surface area contributed by atoms with E-state index in [1.165, 1.54) is 44.5 Å². The molecule has 0 N–H and O–H groups in total. The molecule has 0 fully saturated rings. The maximum absolute atomic E-state index is 5.45. The molecule has 55 heavy (non-hydrogen) atoms. The van der Waals surface area contributed by atoms with Gasteiger partial charge >= 0.3 is 0 Å². The third kappa shape index (κ3) is 5.07. The Morgan fingerprint density at radius 2 is 1.02 bits per heavy atom. The lowest BCUT2D eigenvalue weighted by Gasteiger charge is -2.46. The predicted octanol–water partition coefficient (Wildman–Crippen LogP) is 12.1. The van der Waals surface area contributed by atoms with Crippen LogP contribution in [0, 0.1) is 5.92 Å². The maximum Gasteiger partial charge on any atom is 0.160 e. The van der Waals surface area contributed by atoms with Crippen LogP contribution >= 0.6 is 0 Å². The van der Waals surface area contributed by atoms with Gasteiger partial charge < -0.3 is 0 Å². The van der Waals surface area contributed by atoms with Crippen molar-refractivity contribution in [1.29, 1.82) is 0 Å². The van der Waals surface area contributed by atoms with Gasteiger partial charge in [-0.3, -0.25) is 4.98 Å². The monoisotopic (exact) mass is 707 g/mol. The second-order valence-electron chi connectivity index (χ2n) is 15.5. The summed E-state index contributed by atoms with van der Waals surface area (Å²) in [6.07, 6.45) is 6.92. The van der Waals surface area contributed by atoms with Crippen molar-refractivity contribution in [1.82, 2.24) is 4.98 Å². The van der Waals surface area contributed by atoms with Crippen LogP contribution in [0.2, 0.25) is 0 Å². The summed E-state index contributed by atoms with van der Waals surface area (Å²) in [5.41, 5.74) is 17.6. The van der Waals surface area contributed by atoms with Gasteiger partial charge in [0.05, 0.1) is 16.8 Å². The minimum absolute atomic E-state index is 0.0842. The molecule has 2 heterocycles. The van der Waals surface area contributed by atoms with Crippen LogP contribution in [0.1, 0.15) is 77.3 Å². The third-order valence-electron chi connectivity index (χ3n) is 12.2. The molecule has 0 saturated heterocycles. The molecule has 1 aliphatic heterocycles. The van der Waals surface area contributed by atoms with Gasteiger partial charge in [-0.25, -0.2) is 9.98 Å². The summed E-state index contributed by atoms with van der Waals surface area (Å²) in [6.45, 7) is 6.99. The Morgan fingerprint density at radius 3 is 1.69 bits per heavy atom. The van der Waals surface area contributed by atoms with E-state index in [0.717, 1.165) is 51.5 Å². The van der Waals surface area contributed by atoms with E-state index in [0.29, 0.717) is 0 Å². The van der Waals surface area contributed by atoms with Gasteiger partial charge in [0.2, 0.25) is 0 Å². The van der Waals surface area contributed by atoms with Gasteiger partial charge in [0.1, 0.15) is 0 Å². The number of aliphatic imine (C=N–C) groups is 2. The average Bonchev–Trinajstić information content (AvgIpc) is 3.39. The van der Waals surface area contributed by atoms with Crippen molar-refractivity contribution in [3.05, 3.63) is 226 Å². The molecule has 10 rings (SSSR count). The maximum atomic E-state index is 5.45. The van der Waals surface area contributed by atoms with E-state index >= 15 is 0 Å². The van der Waals surface area contributed by atoms with Crippen LogP contribution in [0.15, 0.2) is 186 Å². The number of fused-ring (bicyclic) bond motifs is 9. The lowest BCUT2D eigenvalue weighted by Crippen LogP contribution is -2.40. The summed E-state index contributed by atoms with van der Waals surface area (Å²) in [5, 5.41) is 0. The van der Waals surface area contributed by atoms with Crippen molar-refractivity contribution in [3.8, 4) is 22.3 Å². The number of pyridine rings is 1. The zero-order valence-corrected chi connectivity index (χ0v) is 31.4. The number of nitrogens with zero attached hydrogens (tertiary/aromatic N) is 3. The summed E-state index contributed by atoms with van der Waals surface area (Å²) in [7, 11) is 0. The Balaban J connectivity index is 1.17. The first-order valence-electron chi connectivity index (χ1n) is 19.4. The van der Waals surface area contributed by atoms with Gasteiger partial charge in [-0.15, -0.1) is 0 Å². The molecule has 1 atom stereocenters. The fourth-order valence-electron chi connectivity index (χ4n) is 9.51. The molecule has 3 nitrogen and oxygen atoms in total. The lowest BCUT2D eigenvalue weighted by molar-refractivity contribution is 0.563. The van der Waals surface area contributed by atoms with Crippen molar-refractivity contribution in [2.24, 2.45) is 15.9 Å². The third-order valence-corrected chi connectivity index (χ3v) is 12.2. The fraction of sp³-hybridized carbons (Fsp3) is 0.135. The van der Waals surface area contributed by atoms with Gasteiger partial charge in [0.25, 0.3) is 0 Å². The van der Waals surface area contributed by atoms with E-state index in [-0.39, 0.29) is 11.3 Å². The Labute approximate surface area is 323 Å². The minimum atomic E-state index is -0.425. The summed E-state index contributed by atoms with van der Waals surface area (Å²) < 4.78 is 0. The molecule has 0 bridgehead atoms. The molecule has 1 spiro atoms. The molecule has 7 aromatic rings. The van der Waals surface area contributed by atoms with E-state index in [4.69, 9.17) is 9.98 Å². The number of hydrogen-bond donors (Lipinski definition) is 0. The Kier molecular flexibility index (Phi) is 7.74. The zero-order valence-electron chi connectivity index (χ0n) is 31.4. The van der Waals surface area contributed by atoms with E-state index in [1.54, 1.807) is 0 Å². The molecule has 2 aliphatic carbocycles. The molecule has 3 aliphatic rings. The van der Waals surface area contributed by atoms with Crippen LogP contribution in [0.4, 0.5) is 0 Å². The Morgan fingerprint density at radius 1 is 0.473 bits per heavy atom. The van der Waals surface area contributed by atoms with Crippen molar-refractivity contribution in [2.75, 3.05) is 0 Å². The van der Waals surface area contributed by atoms with Gasteiger partial charge in [-0.2, -0.15) is 0 Å². The van der Waals surface area contributed by atoms with Crippen LogP contribution < -0.4 is 0 Å². The molecular formula is C52H41N3. The minimum Gasteiger partial charge on any atom is -0.265 e. The summed E-state index contributed by atoms with van der Waals surface area (Å²) in [6, 6.07) is 57.6. The standard InChI is InChI=1S/C52H41N3/c1-4-34-33-48(54-50(55-49(34)37-14-6-5-7-15-37)38-24-22-35(23-25-38)36-28-30-53-31-29-36)39-26-27-43-41(32-39)40-16-8-9-17-42(40)52(43)46-20-12-10-18-44(46)51(2,3)45-19-11-13-21-47(45)52/h5-34H,4H2,1-3H3. The van der Waals surface area contributed by atoms with Gasteiger partial charge in [-0.1, -0.05) is 160 Å². The molecule has 0 amide bonds. The van der Waals surface area contributed by atoms with Crippen molar-refractivity contribution >= 4 is 17.2 Å². The van der Waals surface area contributed by atoms with Gasteiger partial charge in [-0.05, 0) is 91.9 Å². The second kappa shape index (κ2) is 12.8. The van der Waals surface area contributed by atoms with Crippen LogP contribution in [0.3, 0.4) is 0 Å². The quantitative estimate of drug-likeness (QED) is 0.175. The Hall–Kier alpha value is -6.45. The molecule has 0 saturated carbocycles. The topological polar surface area (TPSA) is 37.6 Å². The molecule has 1 unspecified atom stereocenters. The number of amidine groups is 1. The van der Waals surface area contributed by atoms with E-state index in [2.05, 4.69) is 177 Å². The highest BCUT2D eigenvalue weighted by atomic mass is 14.9. The van der Waals surface area contributed by atoms with Crippen LogP contribution in [0.25, 0.3) is 28.0 Å². The lowest BCUT2D eigenvalue weighted by atomic mass is 9.55. The molecule has 6 aromatic carbocycles. The summed E-state index contributed by atoms with van der Waals surface area (Å²) >= 11 is 0. The number of hydrogen-bond acceptors (Lipinski definition) is 3. The SMILES string of the molecule is CCC1C=C(c2ccc3c(c2)-c2ccccc2C32c3ccccc3C(C)(C)c3ccccc32)N=C(c2ccc(-c3ccncc3)cc2)N=C1c1ccccc1. The van der Waals surface area contributed by atoms with Crippen LogP contribution in [-0.2, 0) is 10.8 Å². The number of allylic oxidation sites excluding steroid dienone is 1. The predicted molar refractivity (Wildman–Crippen MR) is 227 cm³/mol. The first-order valence-corrected chi connectivity index (χ1v) is 19.4. The van der Waals surface area contributed by atoms with E-state index < -0.39 is 5.41 Å². The first-order chi connectivity index (χ1) is 27.0. The van der Waals surface area contributed by atoms with Crippen molar-refractivity contribution in [3.63, 3.8) is 0 Å². The van der Waals surface area contributed by atoms with Gasteiger partial charge in [0, 0.05) is 34.9 Å². The van der Waals surface area contributed by atoms with E-state index in [9.17, 15) is 0 Å². The molecule has 1 aromatic heterocycles. The Bertz CT molecular complexity index is 2650. The second-order valence-corrected chi connectivity index (χ2v) is 15.5. The molecule has 264 valence electrons. The number of rotatable bonds is 5. The molecule has 0 radical (unpaired) electrons. The normalized spacial score (nSPS) is 17.1. The van der Waals surface area contributed by atoms with Crippen LogP contribution in [-0.4, -0.2) is 16.5 Å². The number of aromatic nitrogens is 1. The first kappa shape index (κ1) is 33.1. The summed E-state index contributed by atoms with van der Waals surface area (Å²) in [5.74, 6) is 0.804. The number of benzene rings is 6. The van der Waals surface area contributed by atoms with Gasteiger partial charge in [0.15, 0.2) is 5.84 Å². The van der Waals surface area contributed by atoms with Crippen molar-refractivity contribution < 1.29 is 0 Å². The highest BCUT2D eigenvalue weighted by molar-refractivity contribution is 6.16. The largest absolute Gasteiger partial charge is 0.265 e. The highest BCUT2D eigenvalue weighted by Crippen LogP contribution is 2.62. The zero-order chi connectivity index (χ0) is 37.1. The molecule has 3 heteroatoms. The average molecular weight is 708 g/mol. The summed E-state index contributed by atoms with van der Waals surface area (Å²) in [4.78, 5) is 15.0. The molecular weight excluding hydrogens is 667 g/mol. The highest BCUT2D eigenvalue weighted by Gasteiger charge is 2.53. The fourth-order valence-corrected chi connectivity index (χ4v) is 9.51.